The minimum absolute atomic E-state index is 0. The van der Waals surface area contributed by atoms with Gasteiger partial charge in [0, 0.05) is 36.3 Å². The number of ether oxygens (including phenoxy) is 1. The Morgan fingerprint density at radius 1 is 1.36 bits per heavy atom. The summed E-state index contributed by atoms with van der Waals surface area (Å²) >= 11 is 3.39. The van der Waals surface area contributed by atoms with Crippen LogP contribution in [-0.4, -0.2) is 37.6 Å². The maximum Gasteiger partial charge on any atom is 0.237 e. The van der Waals surface area contributed by atoms with Crippen LogP contribution in [0.3, 0.4) is 0 Å². The van der Waals surface area contributed by atoms with Crippen LogP contribution in [0.25, 0.3) is 0 Å². The first-order valence-electron chi connectivity index (χ1n) is 8.14. The molecule has 2 rings (SSSR count). The molecule has 25 heavy (non-hydrogen) atoms. The third kappa shape index (κ3) is 6.93. The molecule has 1 aliphatic heterocycles. The minimum atomic E-state index is -0.536. The smallest absolute Gasteiger partial charge is 0.237 e. The highest BCUT2D eigenvalue weighted by molar-refractivity contribution is 9.10. The first-order chi connectivity index (χ1) is 11.5. The lowest BCUT2D eigenvalue weighted by Crippen LogP contribution is -2.47. The fourth-order valence-corrected chi connectivity index (χ4v) is 3.16. The van der Waals surface area contributed by atoms with E-state index in [0.29, 0.717) is 13.2 Å². The Morgan fingerprint density at radius 3 is 2.68 bits per heavy atom. The molecule has 8 heteroatoms. The predicted octanol–water partition coefficient (Wildman–Crippen LogP) is 2.38. The van der Waals surface area contributed by atoms with Crippen molar-refractivity contribution in [1.29, 1.82) is 0 Å². The Balaban J connectivity index is 0.00000312. The summed E-state index contributed by atoms with van der Waals surface area (Å²) in [6.45, 7) is 3.51. The molecule has 1 atom stereocenters. The molecule has 1 fully saturated rings. The number of carbonyl (C=O) groups is 2. The van der Waals surface area contributed by atoms with E-state index in [1.54, 1.807) is 0 Å². The van der Waals surface area contributed by atoms with Gasteiger partial charge in [0.15, 0.2) is 0 Å². The average molecular weight is 435 g/mol. The summed E-state index contributed by atoms with van der Waals surface area (Å²) in [5.74, 6) is -0.187. The summed E-state index contributed by atoms with van der Waals surface area (Å²) in [6.07, 6.45) is 1.82. The molecule has 2 amide bonds. The van der Waals surface area contributed by atoms with Gasteiger partial charge in [0.05, 0.1) is 6.04 Å². The van der Waals surface area contributed by atoms with Crippen molar-refractivity contribution < 1.29 is 14.3 Å². The zero-order chi connectivity index (χ0) is 17.5. The first-order valence-corrected chi connectivity index (χ1v) is 8.93. The maximum absolute atomic E-state index is 12.1. The zero-order valence-corrected chi connectivity index (χ0v) is 16.6. The van der Waals surface area contributed by atoms with E-state index in [4.69, 9.17) is 10.5 Å². The van der Waals surface area contributed by atoms with Gasteiger partial charge in [-0.3, -0.25) is 9.59 Å². The van der Waals surface area contributed by atoms with Crippen LogP contribution in [0.2, 0.25) is 0 Å². The fraction of sp³-hybridized carbons (Fsp3) is 0.529. The number of nitrogens with one attached hydrogen (secondary N) is 2. The van der Waals surface area contributed by atoms with Gasteiger partial charge in [0.1, 0.15) is 0 Å². The normalized spacial score (nSPS) is 15.8. The lowest BCUT2D eigenvalue weighted by molar-refractivity contribution is -0.124. The molecule has 4 N–H and O–H groups in total. The number of anilines is 1. The number of amides is 2. The van der Waals surface area contributed by atoms with E-state index in [9.17, 15) is 9.59 Å². The van der Waals surface area contributed by atoms with Crippen LogP contribution in [0.4, 0.5) is 5.69 Å². The molecule has 140 valence electrons. The van der Waals surface area contributed by atoms with E-state index in [2.05, 4.69) is 26.6 Å². The average Bonchev–Trinajstić information content (AvgIpc) is 2.57. The standard InChI is InChI=1S/C17H24BrN3O3.ClH/c1-11-10-13(18)2-3-14(11)21-15(22)4-7-20-17(23)16(19)12-5-8-24-9-6-12;/h2-3,10,12,16H,4-9,19H2,1H3,(H,20,23)(H,21,22);1H. The SMILES string of the molecule is Cc1cc(Br)ccc1NC(=O)CCNC(=O)C(N)C1CCOCC1.Cl. The molecule has 6 nitrogen and oxygen atoms in total. The van der Waals surface area contributed by atoms with Gasteiger partial charge in [-0.05, 0) is 49.4 Å². The Labute approximate surface area is 162 Å². The van der Waals surface area contributed by atoms with Crippen LogP contribution in [0.5, 0.6) is 0 Å². The van der Waals surface area contributed by atoms with Crippen molar-refractivity contribution in [2.24, 2.45) is 11.7 Å². The quantitative estimate of drug-likeness (QED) is 0.641. The Hall–Kier alpha value is -1.15. The van der Waals surface area contributed by atoms with Crippen molar-refractivity contribution in [3.63, 3.8) is 0 Å². The summed E-state index contributed by atoms with van der Waals surface area (Å²) in [7, 11) is 0. The van der Waals surface area contributed by atoms with Gasteiger partial charge in [0.25, 0.3) is 0 Å². The molecule has 0 spiro atoms. The number of carbonyl (C=O) groups excluding carboxylic acids is 2. The molecular weight excluding hydrogens is 410 g/mol. The van der Waals surface area contributed by atoms with Crippen molar-refractivity contribution in [2.75, 3.05) is 25.1 Å². The van der Waals surface area contributed by atoms with Crippen molar-refractivity contribution in [1.82, 2.24) is 5.32 Å². The van der Waals surface area contributed by atoms with E-state index in [-0.39, 0.29) is 43.1 Å². The number of benzene rings is 1. The molecule has 1 aliphatic rings. The van der Waals surface area contributed by atoms with Gasteiger partial charge in [0.2, 0.25) is 11.8 Å². The Kier molecular flexibility index (Phi) is 9.42. The van der Waals surface area contributed by atoms with Gasteiger partial charge in [-0.25, -0.2) is 0 Å². The van der Waals surface area contributed by atoms with E-state index in [0.717, 1.165) is 28.6 Å². The molecular formula is C17H25BrClN3O3. The lowest BCUT2D eigenvalue weighted by atomic mass is 9.92. The summed E-state index contributed by atoms with van der Waals surface area (Å²) in [6, 6.07) is 5.11. The molecule has 0 aromatic heterocycles. The van der Waals surface area contributed by atoms with Crippen molar-refractivity contribution in [3.8, 4) is 0 Å². The molecule has 1 heterocycles. The maximum atomic E-state index is 12.1. The van der Waals surface area contributed by atoms with Gasteiger partial charge in [-0.2, -0.15) is 0 Å². The first kappa shape index (κ1) is 21.9. The third-order valence-electron chi connectivity index (χ3n) is 4.19. The molecule has 0 aliphatic carbocycles. The Bertz CT molecular complexity index is 595. The van der Waals surface area contributed by atoms with Crippen molar-refractivity contribution >= 4 is 45.8 Å². The van der Waals surface area contributed by atoms with Crippen LogP contribution in [0.15, 0.2) is 22.7 Å². The van der Waals surface area contributed by atoms with E-state index in [1.165, 1.54) is 0 Å². The molecule has 1 unspecified atom stereocenters. The summed E-state index contributed by atoms with van der Waals surface area (Å²) in [5, 5.41) is 5.59. The number of hydrogen-bond donors (Lipinski definition) is 3. The molecule has 0 saturated carbocycles. The number of nitrogens with two attached hydrogens (primary N) is 1. The second-order valence-electron chi connectivity index (χ2n) is 6.02. The van der Waals surface area contributed by atoms with Gasteiger partial charge < -0.3 is 21.1 Å². The zero-order valence-electron chi connectivity index (χ0n) is 14.2. The highest BCUT2D eigenvalue weighted by atomic mass is 79.9. The number of rotatable bonds is 6. The van der Waals surface area contributed by atoms with Crippen LogP contribution >= 0.6 is 28.3 Å². The highest BCUT2D eigenvalue weighted by Crippen LogP contribution is 2.20. The summed E-state index contributed by atoms with van der Waals surface area (Å²) < 4.78 is 6.24. The molecule has 0 radical (unpaired) electrons. The van der Waals surface area contributed by atoms with Gasteiger partial charge in [-0.15, -0.1) is 12.4 Å². The molecule has 0 bridgehead atoms. The molecule has 1 saturated heterocycles. The third-order valence-corrected chi connectivity index (χ3v) is 4.68. The fourth-order valence-electron chi connectivity index (χ4n) is 2.69. The van der Waals surface area contributed by atoms with Gasteiger partial charge >= 0.3 is 0 Å². The van der Waals surface area contributed by atoms with Crippen molar-refractivity contribution in [3.05, 3.63) is 28.2 Å². The Morgan fingerprint density at radius 2 is 2.04 bits per heavy atom. The number of halogens is 2. The molecule has 1 aromatic carbocycles. The predicted molar refractivity (Wildman–Crippen MR) is 104 cm³/mol. The highest BCUT2D eigenvalue weighted by Gasteiger charge is 2.26. The second-order valence-corrected chi connectivity index (χ2v) is 6.94. The van der Waals surface area contributed by atoms with Crippen molar-refractivity contribution in [2.45, 2.75) is 32.2 Å². The van der Waals surface area contributed by atoms with E-state index >= 15 is 0 Å². The summed E-state index contributed by atoms with van der Waals surface area (Å²) in [4.78, 5) is 24.0. The summed E-state index contributed by atoms with van der Waals surface area (Å²) in [5.41, 5.74) is 7.74. The van der Waals surface area contributed by atoms with Crippen LogP contribution in [0, 0.1) is 12.8 Å². The molecule has 1 aromatic rings. The second kappa shape index (κ2) is 10.8. The number of aryl methyl sites for hydroxylation is 1. The lowest BCUT2D eigenvalue weighted by Gasteiger charge is -2.26. The largest absolute Gasteiger partial charge is 0.381 e. The number of hydrogen-bond acceptors (Lipinski definition) is 4. The topological polar surface area (TPSA) is 93.5 Å². The van der Waals surface area contributed by atoms with E-state index in [1.807, 2.05) is 25.1 Å². The van der Waals surface area contributed by atoms with Crippen LogP contribution < -0.4 is 16.4 Å². The van der Waals surface area contributed by atoms with Crippen LogP contribution in [0.1, 0.15) is 24.8 Å². The van der Waals surface area contributed by atoms with Crippen LogP contribution in [-0.2, 0) is 14.3 Å². The van der Waals surface area contributed by atoms with E-state index < -0.39 is 6.04 Å². The van der Waals surface area contributed by atoms with Gasteiger partial charge in [-0.1, -0.05) is 15.9 Å². The monoisotopic (exact) mass is 433 g/mol. The minimum Gasteiger partial charge on any atom is -0.381 e.